The summed E-state index contributed by atoms with van der Waals surface area (Å²) in [7, 11) is 1.58. The van der Waals surface area contributed by atoms with Crippen LogP contribution >= 0.6 is 11.6 Å². The van der Waals surface area contributed by atoms with Crippen LogP contribution < -0.4 is 20.7 Å². The predicted molar refractivity (Wildman–Crippen MR) is 127 cm³/mol. The first kappa shape index (κ1) is 24.0. The van der Waals surface area contributed by atoms with Gasteiger partial charge < -0.3 is 25.4 Å². The Bertz CT molecular complexity index is 1140. The summed E-state index contributed by atoms with van der Waals surface area (Å²) in [6.07, 6.45) is 4.10. The molecule has 3 rings (SSSR count). The number of ether oxygens (including phenoxy) is 2. The molecule has 0 fully saturated rings. The number of nitrogens with zero attached hydrogens (tertiary/aromatic N) is 2. The van der Waals surface area contributed by atoms with Crippen LogP contribution in [0.3, 0.4) is 0 Å². The zero-order chi connectivity index (χ0) is 23.6. The maximum Gasteiger partial charge on any atom is 0.248 e. The molecule has 0 bridgehead atoms. The monoisotopic (exact) mass is 471 g/mol. The Morgan fingerprint density at radius 2 is 1.91 bits per heavy atom. The van der Waals surface area contributed by atoms with Gasteiger partial charge in [0.15, 0.2) is 11.6 Å². The Morgan fingerprint density at radius 1 is 1.12 bits per heavy atom. The fourth-order valence-electron chi connectivity index (χ4n) is 2.72. The Morgan fingerprint density at radius 3 is 2.70 bits per heavy atom. The van der Waals surface area contributed by atoms with Crippen molar-refractivity contribution in [1.82, 2.24) is 9.97 Å². The molecule has 1 aromatic heterocycles. The van der Waals surface area contributed by atoms with Crippen molar-refractivity contribution in [3.8, 4) is 5.75 Å². The maximum absolute atomic E-state index is 14.4. The molecule has 0 aliphatic heterocycles. The van der Waals surface area contributed by atoms with Crippen LogP contribution in [0.15, 0.2) is 60.8 Å². The van der Waals surface area contributed by atoms with E-state index in [4.69, 9.17) is 21.1 Å². The molecule has 0 unspecified atom stereocenters. The van der Waals surface area contributed by atoms with Crippen molar-refractivity contribution in [3.05, 3.63) is 71.7 Å². The maximum atomic E-state index is 14.4. The van der Waals surface area contributed by atoms with Crippen LogP contribution in [-0.4, -0.2) is 36.2 Å². The normalized spacial score (nSPS) is 10.8. The van der Waals surface area contributed by atoms with E-state index < -0.39 is 5.82 Å². The molecule has 2 aromatic carbocycles. The van der Waals surface area contributed by atoms with Gasteiger partial charge in [-0.2, -0.15) is 4.98 Å². The number of hydrogen-bond acceptors (Lipinski definition) is 7. The van der Waals surface area contributed by atoms with Crippen LogP contribution in [0.5, 0.6) is 5.75 Å². The van der Waals surface area contributed by atoms with Crippen LogP contribution in [0.1, 0.15) is 6.92 Å². The lowest BCUT2D eigenvalue weighted by Gasteiger charge is -2.12. The van der Waals surface area contributed by atoms with E-state index in [2.05, 4.69) is 25.9 Å². The highest BCUT2D eigenvalue weighted by atomic mass is 35.5. The molecule has 0 aliphatic rings. The second-order valence-electron chi connectivity index (χ2n) is 6.70. The number of amides is 1. The van der Waals surface area contributed by atoms with Gasteiger partial charge in [0, 0.05) is 30.2 Å². The van der Waals surface area contributed by atoms with E-state index in [0.29, 0.717) is 41.0 Å². The number of carbonyl (C=O) groups is 1. The summed E-state index contributed by atoms with van der Waals surface area (Å²) in [4.78, 5) is 19.9. The first-order valence-electron chi connectivity index (χ1n) is 10.00. The molecule has 0 spiro atoms. The molecule has 0 aliphatic carbocycles. The smallest absolute Gasteiger partial charge is 0.248 e. The van der Waals surface area contributed by atoms with E-state index >= 15 is 0 Å². The van der Waals surface area contributed by atoms with Crippen LogP contribution in [0.4, 0.5) is 33.2 Å². The molecule has 1 amide bonds. The minimum Gasteiger partial charge on any atom is -0.490 e. The molecule has 172 valence electrons. The average Bonchev–Trinajstić information content (AvgIpc) is 2.79. The second kappa shape index (κ2) is 11.8. The summed E-state index contributed by atoms with van der Waals surface area (Å²) < 4.78 is 24.9. The van der Waals surface area contributed by atoms with Gasteiger partial charge in [-0.25, -0.2) is 9.37 Å². The predicted octanol–water partition coefficient (Wildman–Crippen LogP) is 5.30. The summed E-state index contributed by atoms with van der Waals surface area (Å²) in [5, 5.41) is 9.07. The number of halogens is 2. The van der Waals surface area contributed by atoms with Crippen molar-refractivity contribution in [2.45, 2.75) is 6.92 Å². The highest BCUT2D eigenvalue weighted by Crippen LogP contribution is 2.29. The number of aromatic nitrogens is 2. The number of methoxy groups -OCH3 is 1. The fourth-order valence-corrected chi connectivity index (χ4v) is 2.89. The molecule has 1 heterocycles. The van der Waals surface area contributed by atoms with E-state index in [9.17, 15) is 9.18 Å². The van der Waals surface area contributed by atoms with Crippen LogP contribution in [0, 0.1) is 5.82 Å². The molecule has 0 saturated heterocycles. The van der Waals surface area contributed by atoms with Crippen molar-refractivity contribution in [1.29, 1.82) is 0 Å². The number of hydrogen-bond donors (Lipinski definition) is 3. The SMILES string of the molecule is C/C=C/C(=O)Nc1cccc(Nc2nc(Nc3ccc(Cl)c(OCCOC)c3)ncc2F)c1. The molecule has 33 heavy (non-hydrogen) atoms. The molecule has 10 heteroatoms. The van der Waals surface area contributed by atoms with Gasteiger partial charge in [0.1, 0.15) is 12.4 Å². The molecular weight excluding hydrogens is 449 g/mol. The number of carbonyl (C=O) groups excluding carboxylic acids is 1. The number of anilines is 5. The highest BCUT2D eigenvalue weighted by Gasteiger charge is 2.10. The first-order chi connectivity index (χ1) is 16.0. The first-order valence-corrected chi connectivity index (χ1v) is 10.4. The second-order valence-corrected chi connectivity index (χ2v) is 7.10. The van der Waals surface area contributed by atoms with E-state index in [0.717, 1.165) is 6.20 Å². The third kappa shape index (κ3) is 7.16. The summed E-state index contributed by atoms with van der Waals surface area (Å²) in [5.74, 6) is -0.293. The van der Waals surface area contributed by atoms with Gasteiger partial charge in [-0.15, -0.1) is 0 Å². The molecule has 8 nitrogen and oxygen atoms in total. The molecule has 0 atom stereocenters. The van der Waals surface area contributed by atoms with Gasteiger partial charge in [0.25, 0.3) is 0 Å². The van der Waals surface area contributed by atoms with Crippen molar-refractivity contribution >= 4 is 46.3 Å². The lowest BCUT2D eigenvalue weighted by Crippen LogP contribution is -2.08. The third-order valence-electron chi connectivity index (χ3n) is 4.19. The van der Waals surface area contributed by atoms with Gasteiger partial charge in [-0.1, -0.05) is 23.7 Å². The van der Waals surface area contributed by atoms with E-state index in [1.54, 1.807) is 62.6 Å². The van der Waals surface area contributed by atoms with E-state index in [1.165, 1.54) is 6.08 Å². The van der Waals surface area contributed by atoms with Crippen molar-refractivity contribution in [3.63, 3.8) is 0 Å². The molecule has 3 aromatic rings. The summed E-state index contributed by atoms with van der Waals surface area (Å²) in [6.45, 7) is 2.51. The molecule has 0 saturated carbocycles. The summed E-state index contributed by atoms with van der Waals surface area (Å²) in [6, 6.07) is 11.9. The number of rotatable bonds is 10. The number of benzene rings is 2. The number of nitrogens with one attached hydrogen (secondary N) is 3. The molecule has 0 radical (unpaired) electrons. The van der Waals surface area contributed by atoms with Gasteiger partial charge in [-0.3, -0.25) is 4.79 Å². The molecular formula is C23H23ClFN5O3. The highest BCUT2D eigenvalue weighted by molar-refractivity contribution is 6.32. The van der Waals surface area contributed by atoms with Crippen molar-refractivity contribution in [2.24, 2.45) is 0 Å². The standard InChI is InChI=1S/C23H23ClFN5O3/c1-3-5-21(31)27-15-6-4-7-16(12-15)28-22-19(25)14-26-23(30-22)29-17-8-9-18(24)20(13-17)33-11-10-32-2/h3-9,12-14H,10-11H2,1-2H3,(H,27,31)(H2,26,28,29,30)/b5-3+. The van der Waals surface area contributed by atoms with Crippen LogP contribution in [-0.2, 0) is 9.53 Å². The Kier molecular flexibility index (Phi) is 8.56. The van der Waals surface area contributed by atoms with Gasteiger partial charge in [0.05, 0.1) is 17.8 Å². The summed E-state index contributed by atoms with van der Waals surface area (Å²) in [5.41, 5.74) is 1.70. The zero-order valence-corrected chi connectivity index (χ0v) is 18.8. The summed E-state index contributed by atoms with van der Waals surface area (Å²) >= 11 is 6.16. The largest absolute Gasteiger partial charge is 0.490 e. The zero-order valence-electron chi connectivity index (χ0n) is 18.1. The Hall–Kier alpha value is -3.69. The lowest BCUT2D eigenvalue weighted by atomic mass is 10.2. The van der Waals surface area contributed by atoms with Gasteiger partial charge in [-0.05, 0) is 43.3 Å². The minimum absolute atomic E-state index is 0.0324. The fraction of sp³-hybridized carbons (Fsp3) is 0.174. The van der Waals surface area contributed by atoms with Gasteiger partial charge >= 0.3 is 0 Å². The third-order valence-corrected chi connectivity index (χ3v) is 4.50. The lowest BCUT2D eigenvalue weighted by molar-refractivity contribution is -0.111. The number of allylic oxidation sites excluding steroid dienone is 1. The average molecular weight is 472 g/mol. The van der Waals surface area contributed by atoms with Crippen LogP contribution in [0.25, 0.3) is 0 Å². The minimum atomic E-state index is -0.636. The quantitative estimate of drug-likeness (QED) is 0.273. The van der Waals surface area contributed by atoms with Crippen molar-refractivity contribution in [2.75, 3.05) is 36.3 Å². The molecule has 3 N–H and O–H groups in total. The Balaban J connectivity index is 1.74. The van der Waals surface area contributed by atoms with E-state index in [-0.39, 0.29) is 17.7 Å². The van der Waals surface area contributed by atoms with Gasteiger partial charge in [0.2, 0.25) is 11.9 Å². The van der Waals surface area contributed by atoms with E-state index in [1.807, 2.05) is 0 Å². The Labute approximate surface area is 195 Å². The van der Waals surface area contributed by atoms with Crippen LogP contribution in [0.2, 0.25) is 5.02 Å². The topological polar surface area (TPSA) is 97.4 Å². The van der Waals surface area contributed by atoms with Crippen molar-refractivity contribution < 1.29 is 18.7 Å².